The summed E-state index contributed by atoms with van der Waals surface area (Å²) in [6.07, 6.45) is 0.892. The molecule has 0 unspecified atom stereocenters. The van der Waals surface area contributed by atoms with Crippen molar-refractivity contribution in [1.29, 1.82) is 0 Å². The molecule has 0 spiro atoms. The molecular formula is C16H24Cl2N3O3S+. The van der Waals surface area contributed by atoms with Crippen LogP contribution < -0.4 is 10.2 Å². The molecule has 1 fully saturated rings. The Morgan fingerprint density at radius 2 is 1.92 bits per heavy atom. The lowest BCUT2D eigenvalue weighted by Crippen LogP contribution is -3.19. The van der Waals surface area contributed by atoms with Crippen LogP contribution in [0.15, 0.2) is 23.1 Å². The monoisotopic (exact) mass is 408 g/mol. The van der Waals surface area contributed by atoms with Crippen molar-refractivity contribution in [2.24, 2.45) is 0 Å². The van der Waals surface area contributed by atoms with Crippen LogP contribution in [-0.2, 0) is 14.8 Å². The van der Waals surface area contributed by atoms with Crippen LogP contribution in [-0.4, -0.2) is 57.4 Å². The van der Waals surface area contributed by atoms with E-state index in [4.69, 9.17) is 23.2 Å². The van der Waals surface area contributed by atoms with Gasteiger partial charge in [-0.1, -0.05) is 30.1 Å². The van der Waals surface area contributed by atoms with E-state index in [2.05, 4.69) is 5.32 Å². The first-order valence-corrected chi connectivity index (χ1v) is 10.5. The molecule has 1 aromatic carbocycles. The SMILES string of the molecule is CCCNC(=O)[C@H](C)[NH+]1CCN(S(=O)(=O)c2ccc(Cl)c(Cl)c2)CC1. The van der Waals surface area contributed by atoms with Gasteiger partial charge in [-0.3, -0.25) is 4.79 Å². The highest BCUT2D eigenvalue weighted by Crippen LogP contribution is 2.26. The maximum atomic E-state index is 12.7. The van der Waals surface area contributed by atoms with Crippen LogP contribution in [0.3, 0.4) is 0 Å². The summed E-state index contributed by atoms with van der Waals surface area (Å²) in [6.45, 7) is 6.44. The molecule has 1 amide bonds. The Labute approximate surface area is 159 Å². The molecular weight excluding hydrogens is 385 g/mol. The molecule has 9 heteroatoms. The van der Waals surface area contributed by atoms with Crippen molar-refractivity contribution in [3.05, 3.63) is 28.2 Å². The molecule has 0 aliphatic carbocycles. The average Bonchev–Trinajstić information content (AvgIpc) is 2.61. The first kappa shape index (κ1) is 20.5. The van der Waals surface area contributed by atoms with Gasteiger partial charge >= 0.3 is 0 Å². The van der Waals surface area contributed by atoms with Gasteiger partial charge in [-0.15, -0.1) is 0 Å². The number of rotatable bonds is 6. The number of halogens is 2. The molecule has 1 aromatic rings. The van der Waals surface area contributed by atoms with E-state index < -0.39 is 10.0 Å². The Morgan fingerprint density at radius 1 is 1.28 bits per heavy atom. The highest BCUT2D eigenvalue weighted by molar-refractivity contribution is 7.89. The number of piperazine rings is 1. The van der Waals surface area contributed by atoms with Gasteiger partial charge in [-0.25, -0.2) is 8.42 Å². The Bertz CT molecular complexity index is 719. The number of hydrogen-bond acceptors (Lipinski definition) is 3. The molecule has 1 atom stereocenters. The minimum Gasteiger partial charge on any atom is -0.351 e. The van der Waals surface area contributed by atoms with Gasteiger partial charge in [0.1, 0.15) is 0 Å². The fraction of sp³-hybridized carbons (Fsp3) is 0.562. The van der Waals surface area contributed by atoms with E-state index in [0.717, 1.165) is 11.3 Å². The molecule has 0 aromatic heterocycles. The number of benzene rings is 1. The Morgan fingerprint density at radius 3 is 2.48 bits per heavy atom. The van der Waals surface area contributed by atoms with Crippen LogP contribution in [0.4, 0.5) is 0 Å². The topological polar surface area (TPSA) is 70.9 Å². The summed E-state index contributed by atoms with van der Waals surface area (Å²) in [4.78, 5) is 13.3. The summed E-state index contributed by atoms with van der Waals surface area (Å²) >= 11 is 11.8. The molecule has 140 valence electrons. The van der Waals surface area contributed by atoms with Crippen molar-refractivity contribution in [1.82, 2.24) is 9.62 Å². The van der Waals surface area contributed by atoms with E-state index in [-0.39, 0.29) is 21.9 Å². The normalized spacial score (nSPS) is 18.1. The van der Waals surface area contributed by atoms with Crippen LogP contribution in [0.5, 0.6) is 0 Å². The number of hydrogen-bond donors (Lipinski definition) is 2. The summed E-state index contributed by atoms with van der Waals surface area (Å²) < 4.78 is 26.9. The number of amides is 1. The first-order valence-electron chi connectivity index (χ1n) is 8.35. The van der Waals surface area contributed by atoms with Crippen molar-refractivity contribution in [2.45, 2.75) is 31.2 Å². The highest BCUT2D eigenvalue weighted by Gasteiger charge is 2.34. The van der Waals surface area contributed by atoms with Crippen LogP contribution >= 0.6 is 23.2 Å². The Hall–Kier alpha value is -0.860. The number of carbonyl (C=O) groups is 1. The quantitative estimate of drug-likeness (QED) is 0.730. The summed E-state index contributed by atoms with van der Waals surface area (Å²) in [5.74, 6) is 0.0117. The Balaban J connectivity index is 2.01. The van der Waals surface area contributed by atoms with Gasteiger partial charge in [0.25, 0.3) is 5.91 Å². The zero-order valence-electron chi connectivity index (χ0n) is 14.4. The maximum absolute atomic E-state index is 12.7. The lowest BCUT2D eigenvalue weighted by molar-refractivity contribution is -0.917. The fourth-order valence-corrected chi connectivity index (χ4v) is 4.65. The van der Waals surface area contributed by atoms with Gasteiger partial charge in [-0.2, -0.15) is 4.31 Å². The zero-order chi connectivity index (χ0) is 18.6. The van der Waals surface area contributed by atoms with Gasteiger partial charge < -0.3 is 10.2 Å². The van der Waals surface area contributed by atoms with E-state index in [0.29, 0.717) is 37.7 Å². The lowest BCUT2D eigenvalue weighted by Gasteiger charge is -2.34. The summed E-state index contributed by atoms with van der Waals surface area (Å²) in [5, 5.41) is 3.43. The number of nitrogens with one attached hydrogen (secondary N) is 2. The van der Waals surface area contributed by atoms with Crippen molar-refractivity contribution < 1.29 is 18.1 Å². The third-order valence-electron chi connectivity index (χ3n) is 4.45. The third-order valence-corrected chi connectivity index (χ3v) is 7.08. The largest absolute Gasteiger partial charge is 0.351 e. The summed E-state index contributed by atoms with van der Waals surface area (Å²) in [6, 6.07) is 4.13. The van der Waals surface area contributed by atoms with E-state index in [1.54, 1.807) is 0 Å². The van der Waals surface area contributed by atoms with Crippen LogP contribution in [0.2, 0.25) is 10.0 Å². The Kier molecular flexibility index (Phi) is 7.10. The lowest BCUT2D eigenvalue weighted by atomic mass is 10.2. The van der Waals surface area contributed by atoms with Gasteiger partial charge in [0.05, 0.1) is 41.1 Å². The predicted molar refractivity (Wildman–Crippen MR) is 98.7 cm³/mol. The maximum Gasteiger partial charge on any atom is 0.278 e. The summed E-state index contributed by atoms with van der Waals surface area (Å²) in [7, 11) is -3.61. The van der Waals surface area contributed by atoms with Crippen LogP contribution in [0.25, 0.3) is 0 Å². The highest BCUT2D eigenvalue weighted by atomic mass is 35.5. The smallest absolute Gasteiger partial charge is 0.278 e. The van der Waals surface area contributed by atoms with Crippen molar-refractivity contribution in [2.75, 3.05) is 32.7 Å². The second kappa shape index (κ2) is 8.68. The minimum atomic E-state index is -3.61. The van der Waals surface area contributed by atoms with Gasteiger partial charge in [0, 0.05) is 6.54 Å². The van der Waals surface area contributed by atoms with Gasteiger partial charge in [-0.05, 0) is 31.5 Å². The van der Waals surface area contributed by atoms with Crippen molar-refractivity contribution in [3.63, 3.8) is 0 Å². The number of sulfonamides is 1. The summed E-state index contributed by atoms with van der Waals surface area (Å²) in [5.41, 5.74) is 0. The molecule has 6 nitrogen and oxygen atoms in total. The number of carbonyl (C=O) groups excluding carboxylic acids is 1. The fourth-order valence-electron chi connectivity index (χ4n) is 2.82. The van der Waals surface area contributed by atoms with Crippen LogP contribution in [0.1, 0.15) is 20.3 Å². The third kappa shape index (κ3) is 4.86. The predicted octanol–water partition coefficient (Wildman–Crippen LogP) is 0.797. The minimum absolute atomic E-state index is 0.0117. The molecule has 1 heterocycles. The van der Waals surface area contributed by atoms with E-state index >= 15 is 0 Å². The number of quaternary nitrogens is 1. The molecule has 1 saturated heterocycles. The molecule has 0 bridgehead atoms. The standard InChI is InChI=1S/C16H23Cl2N3O3S/c1-3-6-19-16(22)12(2)20-7-9-21(10-8-20)25(23,24)13-4-5-14(17)15(18)11-13/h4-5,11-12H,3,6-10H2,1-2H3,(H,19,22)/p+1/t12-/m0/s1. The van der Waals surface area contributed by atoms with Gasteiger partial charge in [0.2, 0.25) is 10.0 Å². The molecule has 1 aliphatic rings. The molecule has 2 rings (SSSR count). The average molecular weight is 409 g/mol. The molecule has 2 N–H and O–H groups in total. The van der Waals surface area contributed by atoms with Crippen LogP contribution in [0, 0.1) is 0 Å². The molecule has 1 aliphatic heterocycles. The second-order valence-electron chi connectivity index (χ2n) is 6.15. The van der Waals surface area contributed by atoms with Crippen molar-refractivity contribution >= 4 is 39.1 Å². The molecule has 0 saturated carbocycles. The number of nitrogens with zero attached hydrogens (tertiary/aromatic N) is 1. The molecule has 0 radical (unpaired) electrons. The zero-order valence-corrected chi connectivity index (χ0v) is 16.7. The van der Waals surface area contributed by atoms with E-state index in [1.165, 1.54) is 22.5 Å². The second-order valence-corrected chi connectivity index (χ2v) is 8.90. The van der Waals surface area contributed by atoms with Crippen molar-refractivity contribution in [3.8, 4) is 0 Å². The van der Waals surface area contributed by atoms with E-state index in [1.807, 2.05) is 13.8 Å². The van der Waals surface area contributed by atoms with E-state index in [9.17, 15) is 13.2 Å². The first-order chi connectivity index (χ1) is 11.8. The van der Waals surface area contributed by atoms with Gasteiger partial charge in [0.15, 0.2) is 6.04 Å². The molecule has 25 heavy (non-hydrogen) atoms.